The molecule has 2 N–H and O–H groups in total. The molecule has 1 aromatic rings. The molecule has 4 nitrogen and oxygen atoms in total. The Morgan fingerprint density at radius 2 is 2.00 bits per heavy atom. The van der Waals surface area contributed by atoms with E-state index >= 15 is 0 Å². The van der Waals surface area contributed by atoms with Gasteiger partial charge in [0.05, 0.1) is 6.54 Å². The molecule has 0 radical (unpaired) electrons. The molecule has 1 saturated carbocycles. The van der Waals surface area contributed by atoms with Gasteiger partial charge in [0.15, 0.2) is 5.96 Å². The Morgan fingerprint density at radius 3 is 2.58 bits per heavy atom. The number of guanidine groups is 1. The van der Waals surface area contributed by atoms with Crippen LogP contribution >= 0.6 is 0 Å². The van der Waals surface area contributed by atoms with Crippen molar-refractivity contribution in [2.45, 2.75) is 32.7 Å². The summed E-state index contributed by atoms with van der Waals surface area (Å²) in [5.41, 5.74) is 8.24. The first-order chi connectivity index (χ1) is 9.09. The number of nitrogens with zero attached hydrogens (tertiary/aromatic N) is 2. The van der Waals surface area contributed by atoms with E-state index < -0.39 is 0 Å². The second-order valence-electron chi connectivity index (χ2n) is 5.15. The highest BCUT2D eigenvalue weighted by molar-refractivity contribution is 5.78. The van der Waals surface area contributed by atoms with E-state index in [2.05, 4.69) is 35.9 Å². The summed E-state index contributed by atoms with van der Waals surface area (Å²) in [6, 6.07) is 6.75. The van der Waals surface area contributed by atoms with E-state index in [1.807, 2.05) is 13.1 Å². The predicted molar refractivity (Wildman–Crippen MR) is 78.7 cm³/mol. The highest BCUT2D eigenvalue weighted by Crippen LogP contribution is 2.25. The Bertz CT molecular complexity index is 446. The highest BCUT2D eigenvalue weighted by Gasteiger charge is 2.27. The molecule has 4 heteroatoms. The zero-order chi connectivity index (χ0) is 13.8. The van der Waals surface area contributed by atoms with Crippen LogP contribution in [0.3, 0.4) is 0 Å². The van der Waals surface area contributed by atoms with Crippen LogP contribution in [0.1, 0.15) is 24.0 Å². The van der Waals surface area contributed by atoms with E-state index in [1.54, 1.807) is 0 Å². The molecular weight excluding hydrogens is 238 g/mol. The number of aryl methyl sites for hydroxylation is 2. The van der Waals surface area contributed by atoms with Crippen molar-refractivity contribution in [3.63, 3.8) is 0 Å². The van der Waals surface area contributed by atoms with Crippen molar-refractivity contribution in [2.24, 2.45) is 10.7 Å². The minimum Gasteiger partial charge on any atom is -0.491 e. The van der Waals surface area contributed by atoms with Crippen LogP contribution in [0.4, 0.5) is 0 Å². The lowest BCUT2D eigenvalue weighted by atomic mass is 10.1. The molecule has 1 fully saturated rings. The predicted octanol–water partition coefficient (Wildman–Crippen LogP) is 2.09. The molecule has 1 aliphatic rings. The highest BCUT2D eigenvalue weighted by atomic mass is 16.5. The fourth-order valence-electron chi connectivity index (χ4n) is 2.10. The van der Waals surface area contributed by atoms with E-state index in [-0.39, 0.29) is 0 Å². The van der Waals surface area contributed by atoms with Crippen molar-refractivity contribution in [3.05, 3.63) is 29.3 Å². The molecule has 0 saturated heterocycles. The molecule has 1 aliphatic carbocycles. The molecule has 0 amide bonds. The minimum absolute atomic E-state index is 0.560. The Kier molecular flexibility index (Phi) is 4.30. The van der Waals surface area contributed by atoms with Crippen LogP contribution in [0, 0.1) is 13.8 Å². The lowest BCUT2D eigenvalue weighted by Crippen LogP contribution is -2.36. The Morgan fingerprint density at radius 1 is 1.37 bits per heavy atom. The Labute approximate surface area is 115 Å². The SMILES string of the molecule is Cc1cccc(C)c1OCCN=C(N)N(C)C1CC1. The summed E-state index contributed by atoms with van der Waals surface area (Å²) in [7, 11) is 2.00. The first-order valence-corrected chi connectivity index (χ1v) is 6.81. The number of aliphatic imine (C=N–C) groups is 1. The van der Waals surface area contributed by atoms with Crippen LogP contribution in [0.5, 0.6) is 5.75 Å². The number of hydrogen-bond donors (Lipinski definition) is 1. The fourth-order valence-corrected chi connectivity index (χ4v) is 2.10. The number of ether oxygens (including phenoxy) is 1. The maximum absolute atomic E-state index is 5.92. The normalized spacial score (nSPS) is 15.4. The second kappa shape index (κ2) is 5.95. The van der Waals surface area contributed by atoms with Crippen LogP contribution < -0.4 is 10.5 Å². The third-order valence-corrected chi connectivity index (χ3v) is 3.48. The van der Waals surface area contributed by atoms with Gasteiger partial charge in [-0.1, -0.05) is 18.2 Å². The van der Waals surface area contributed by atoms with Gasteiger partial charge in [0.1, 0.15) is 12.4 Å². The monoisotopic (exact) mass is 261 g/mol. The van der Waals surface area contributed by atoms with Gasteiger partial charge in [0, 0.05) is 13.1 Å². The van der Waals surface area contributed by atoms with Crippen molar-refractivity contribution in [2.75, 3.05) is 20.2 Å². The molecular formula is C15H23N3O. The standard InChI is InChI=1S/C15H23N3O/c1-11-5-4-6-12(2)14(11)19-10-9-17-15(16)18(3)13-7-8-13/h4-6,13H,7-10H2,1-3H3,(H2,16,17). The minimum atomic E-state index is 0.560. The van der Waals surface area contributed by atoms with Gasteiger partial charge in [-0.2, -0.15) is 0 Å². The van der Waals surface area contributed by atoms with Gasteiger partial charge in [-0.3, -0.25) is 0 Å². The zero-order valence-electron chi connectivity index (χ0n) is 12.0. The fraction of sp³-hybridized carbons (Fsp3) is 0.533. The van der Waals surface area contributed by atoms with Crippen LogP contribution in [0.15, 0.2) is 23.2 Å². The first kappa shape index (κ1) is 13.7. The van der Waals surface area contributed by atoms with Gasteiger partial charge in [-0.05, 0) is 37.8 Å². The van der Waals surface area contributed by atoms with Gasteiger partial charge >= 0.3 is 0 Å². The van der Waals surface area contributed by atoms with E-state index in [0.29, 0.717) is 25.2 Å². The van der Waals surface area contributed by atoms with Crippen molar-refractivity contribution >= 4 is 5.96 Å². The van der Waals surface area contributed by atoms with Gasteiger partial charge in [-0.25, -0.2) is 4.99 Å². The average Bonchev–Trinajstić information content (AvgIpc) is 3.20. The molecule has 2 rings (SSSR count). The summed E-state index contributed by atoms with van der Waals surface area (Å²) in [5, 5.41) is 0. The van der Waals surface area contributed by atoms with Crippen molar-refractivity contribution in [1.82, 2.24) is 4.90 Å². The smallest absolute Gasteiger partial charge is 0.191 e. The van der Waals surface area contributed by atoms with E-state index in [0.717, 1.165) is 16.9 Å². The third-order valence-electron chi connectivity index (χ3n) is 3.48. The lowest BCUT2D eigenvalue weighted by molar-refractivity contribution is 0.323. The number of rotatable bonds is 5. The largest absolute Gasteiger partial charge is 0.491 e. The quantitative estimate of drug-likeness (QED) is 0.501. The molecule has 0 bridgehead atoms. The van der Waals surface area contributed by atoms with E-state index in [4.69, 9.17) is 10.5 Å². The summed E-state index contributed by atoms with van der Waals surface area (Å²) in [6.45, 7) is 5.27. The molecule has 0 atom stereocenters. The maximum atomic E-state index is 5.92. The summed E-state index contributed by atoms with van der Waals surface area (Å²) in [6.07, 6.45) is 2.46. The number of nitrogens with two attached hydrogens (primary N) is 1. The van der Waals surface area contributed by atoms with Gasteiger partial charge in [0.25, 0.3) is 0 Å². The first-order valence-electron chi connectivity index (χ1n) is 6.81. The van der Waals surface area contributed by atoms with Crippen LogP contribution in [0.2, 0.25) is 0 Å². The van der Waals surface area contributed by atoms with Crippen LogP contribution in [0.25, 0.3) is 0 Å². The summed E-state index contributed by atoms with van der Waals surface area (Å²) >= 11 is 0. The van der Waals surface area contributed by atoms with Gasteiger partial charge in [-0.15, -0.1) is 0 Å². The molecule has 0 aliphatic heterocycles. The molecule has 19 heavy (non-hydrogen) atoms. The van der Waals surface area contributed by atoms with Crippen LogP contribution in [-0.2, 0) is 0 Å². The molecule has 1 aromatic carbocycles. The van der Waals surface area contributed by atoms with Crippen molar-refractivity contribution < 1.29 is 4.74 Å². The van der Waals surface area contributed by atoms with Crippen LogP contribution in [-0.4, -0.2) is 37.1 Å². The number of para-hydroxylation sites is 1. The Balaban J connectivity index is 1.81. The topological polar surface area (TPSA) is 50.9 Å². The molecule has 104 valence electrons. The molecule has 0 aromatic heterocycles. The second-order valence-corrected chi connectivity index (χ2v) is 5.15. The third kappa shape index (κ3) is 3.63. The van der Waals surface area contributed by atoms with Gasteiger partial charge in [0.2, 0.25) is 0 Å². The molecule has 0 unspecified atom stereocenters. The number of benzene rings is 1. The Hall–Kier alpha value is -1.71. The zero-order valence-corrected chi connectivity index (χ0v) is 12.0. The summed E-state index contributed by atoms with van der Waals surface area (Å²) in [5.74, 6) is 1.58. The van der Waals surface area contributed by atoms with Crippen molar-refractivity contribution in [3.8, 4) is 5.75 Å². The summed E-state index contributed by atoms with van der Waals surface area (Å²) < 4.78 is 5.79. The van der Waals surface area contributed by atoms with Crippen molar-refractivity contribution in [1.29, 1.82) is 0 Å². The average molecular weight is 261 g/mol. The summed E-state index contributed by atoms with van der Waals surface area (Å²) in [4.78, 5) is 6.41. The van der Waals surface area contributed by atoms with Gasteiger partial charge < -0.3 is 15.4 Å². The molecule has 0 spiro atoms. The van der Waals surface area contributed by atoms with E-state index in [9.17, 15) is 0 Å². The molecule has 0 heterocycles. The van der Waals surface area contributed by atoms with E-state index in [1.165, 1.54) is 12.8 Å². The lowest BCUT2D eigenvalue weighted by Gasteiger charge is -2.17. The number of hydrogen-bond acceptors (Lipinski definition) is 2. The maximum Gasteiger partial charge on any atom is 0.191 e.